The van der Waals surface area contributed by atoms with Crippen LogP contribution in [0.3, 0.4) is 0 Å². The molecule has 1 saturated carbocycles. The van der Waals surface area contributed by atoms with E-state index < -0.39 is 0 Å². The third-order valence-electron chi connectivity index (χ3n) is 2.68. The molecule has 0 unspecified atom stereocenters. The van der Waals surface area contributed by atoms with Crippen LogP contribution in [-0.2, 0) is 6.42 Å². The van der Waals surface area contributed by atoms with Crippen molar-refractivity contribution in [2.45, 2.75) is 38.5 Å². The van der Waals surface area contributed by atoms with E-state index in [1.165, 1.54) is 32.1 Å². The molecule has 13 heavy (non-hydrogen) atoms. The van der Waals surface area contributed by atoms with Crippen LogP contribution in [0.2, 0.25) is 0 Å². The van der Waals surface area contributed by atoms with Crippen molar-refractivity contribution in [3.8, 4) is 0 Å². The lowest BCUT2D eigenvalue weighted by Crippen LogP contribution is -1.96. The van der Waals surface area contributed by atoms with Crippen molar-refractivity contribution in [1.29, 1.82) is 0 Å². The predicted molar refractivity (Wildman–Crippen MR) is 52.3 cm³/mol. The number of nitrogens with zero attached hydrogens (tertiary/aromatic N) is 2. The molecule has 1 fully saturated rings. The lowest BCUT2D eigenvalue weighted by atomic mass is 10.0. The summed E-state index contributed by atoms with van der Waals surface area (Å²) in [6, 6.07) is 0. The predicted octanol–water partition coefficient (Wildman–Crippen LogP) is 2.95. The first-order chi connectivity index (χ1) is 6.34. The Morgan fingerprint density at radius 1 is 1.38 bits per heavy atom. The first kappa shape index (κ1) is 9.19. The Hall–Kier alpha value is -0.380. The van der Waals surface area contributed by atoms with Crippen molar-refractivity contribution in [3.63, 3.8) is 0 Å². The summed E-state index contributed by atoms with van der Waals surface area (Å²) in [4.78, 5) is 4.11. The van der Waals surface area contributed by atoms with Crippen LogP contribution in [0.15, 0.2) is 9.26 Å². The van der Waals surface area contributed by atoms with E-state index in [4.69, 9.17) is 4.52 Å². The Morgan fingerprint density at radius 2 is 2.15 bits per heavy atom. The highest BCUT2D eigenvalue weighted by Gasteiger charge is 2.15. The summed E-state index contributed by atoms with van der Waals surface area (Å²) < 4.78 is 5.58. The van der Waals surface area contributed by atoms with Gasteiger partial charge in [0.2, 0.25) is 10.6 Å². The minimum Gasteiger partial charge on any atom is -0.338 e. The highest BCUT2D eigenvalue weighted by atomic mass is 79.9. The smallest absolute Gasteiger partial charge is 0.238 e. The third kappa shape index (κ3) is 2.53. The minimum absolute atomic E-state index is 0.564. The molecule has 1 aromatic heterocycles. The number of hydrogen-bond donors (Lipinski definition) is 0. The summed E-state index contributed by atoms with van der Waals surface area (Å²) in [6.45, 7) is 0. The molecule has 1 aliphatic rings. The van der Waals surface area contributed by atoms with Gasteiger partial charge in [0.15, 0.2) is 0 Å². The Kier molecular flexibility index (Phi) is 2.98. The van der Waals surface area contributed by atoms with Gasteiger partial charge in [-0.05, 0) is 33.4 Å². The summed E-state index contributed by atoms with van der Waals surface area (Å²) in [7, 11) is 0. The fourth-order valence-corrected chi connectivity index (χ4v) is 2.23. The molecule has 0 aromatic carbocycles. The van der Waals surface area contributed by atoms with Gasteiger partial charge in [0.05, 0.1) is 0 Å². The second-order valence-corrected chi connectivity index (χ2v) is 4.36. The van der Waals surface area contributed by atoms with Crippen molar-refractivity contribution >= 4 is 15.9 Å². The Balaban J connectivity index is 1.78. The largest absolute Gasteiger partial charge is 0.338 e. The summed E-state index contributed by atoms with van der Waals surface area (Å²) in [5.41, 5.74) is 0. The van der Waals surface area contributed by atoms with E-state index in [0.717, 1.165) is 18.2 Å². The molecule has 0 aliphatic heterocycles. The molecule has 72 valence electrons. The van der Waals surface area contributed by atoms with Crippen LogP contribution in [-0.4, -0.2) is 10.1 Å². The zero-order valence-electron chi connectivity index (χ0n) is 7.50. The number of aryl methyl sites for hydroxylation is 1. The van der Waals surface area contributed by atoms with Crippen LogP contribution >= 0.6 is 15.9 Å². The molecule has 1 aliphatic carbocycles. The maximum absolute atomic E-state index is 5.02. The minimum atomic E-state index is 0.564. The number of rotatable bonds is 3. The van der Waals surface area contributed by atoms with Gasteiger partial charge in [-0.1, -0.05) is 25.7 Å². The van der Waals surface area contributed by atoms with Crippen LogP contribution in [0.5, 0.6) is 0 Å². The van der Waals surface area contributed by atoms with E-state index in [0.29, 0.717) is 4.73 Å². The molecular formula is C9H13BrN2O. The maximum Gasteiger partial charge on any atom is 0.238 e. The van der Waals surface area contributed by atoms with Crippen molar-refractivity contribution < 1.29 is 4.52 Å². The number of halogens is 1. The maximum atomic E-state index is 5.02. The van der Waals surface area contributed by atoms with Crippen LogP contribution < -0.4 is 0 Å². The van der Waals surface area contributed by atoms with Crippen LogP contribution in [0, 0.1) is 5.92 Å². The second-order valence-electron chi connectivity index (χ2n) is 3.65. The van der Waals surface area contributed by atoms with Crippen LogP contribution in [0.25, 0.3) is 0 Å². The highest BCUT2D eigenvalue weighted by Crippen LogP contribution is 2.28. The van der Waals surface area contributed by atoms with Gasteiger partial charge in [-0.15, -0.1) is 0 Å². The topological polar surface area (TPSA) is 38.9 Å². The fourth-order valence-electron chi connectivity index (χ4n) is 1.96. The van der Waals surface area contributed by atoms with E-state index in [-0.39, 0.29) is 0 Å². The molecule has 3 nitrogen and oxygen atoms in total. The lowest BCUT2D eigenvalue weighted by Gasteiger charge is -2.04. The van der Waals surface area contributed by atoms with Gasteiger partial charge in [0.1, 0.15) is 0 Å². The molecule has 1 aromatic rings. The molecule has 1 heterocycles. The van der Waals surface area contributed by atoms with E-state index >= 15 is 0 Å². The Morgan fingerprint density at radius 3 is 2.77 bits per heavy atom. The molecule has 0 saturated heterocycles. The van der Waals surface area contributed by atoms with Crippen molar-refractivity contribution in [2.24, 2.45) is 5.92 Å². The van der Waals surface area contributed by atoms with Gasteiger partial charge in [0, 0.05) is 6.42 Å². The molecule has 0 amide bonds. The summed E-state index contributed by atoms with van der Waals surface area (Å²) >= 11 is 3.17. The molecule has 0 spiro atoms. The summed E-state index contributed by atoms with van der Waals surface area (Å²) in [5.74, 6) is 1.66. The first-order valence-electron chi connectivity index (χ1n) is 4.82. The van der Waals surface area contributed by atoms with E-state index in [9.17, 15) is 0 Å². The van der Waals surface area contributed by atoms with E-state index in [1.54, 1.807) is 0 Å². The standard InChI is InChI=1S/C9H13BrN2O/c10-9-11-8(13-12-9)6-5-7-3-1-2-4-7/h7H,1-6H2. The molecular weight excluding hydrogens is 232 g/mol. The lowest BCUT2D eigenvalue weighted by molar-refractivity contribution is 0.359. The zero-order valence-corrected chi connectivity index (χ0v) is 9.09. The van der Waals surface area contributed by atoms with Gasteiger partial charge in [-0.3, -0.25) is 0 Å². The molecule has 2 rings (SSSR count). The Bertz CT molecular complexity index is 268. The monoisotopic (exact) mass is 244 g/mol. The quantitative estimate of drug-likeness (QED) is 0.821. The fraction of sp³-hybridized carbons (Fsp3) is 0.778. The third-order valence-corrected chi connectivity index (χ3v) is 3.01. The molecule has 0 N–H and O–H groups in total. The van der Waals surface area contributed by atoms with Gasteiger partial charge in [-0.25, -0.2) is 0 Å². The molecule has 4 heteroatoms. The number of aromatic nitrogens is 2. The highest BCUT2D eigenvalue weighted by molar-refractivity contribution is 9.10. The SMILES string of the molecule is Brc1noc(CCC2CCCC2)n1. The van der Waals surface area contributed by atoms with E-state index in [1.807, 2.05) is 0 Å². The van der Waals surface area contributed by atoms with Gasteiger partial charge < -0.3 is 4.52 Å². The summed E-state index contributed by atoms with van der Waals surface area (Å²) in [5, 5.41) is 3.69. The van der Waals surface area contributed by atoms with Gasteiger partial charge >= 0.3 is 0 Å². The normalized spacial score (nSPS) is 18.2. The van der Waals surface area contributed by atoms with Crippen molar-refractivity contribution in [3.05, 3.63) is 10.6 Å². The van der Waals surface area contributed by atoms with E-state index in [2.05, 4.69) is 26.1 Å². The molecule has 0 bridgehead atoms. The number of hydrogen-bond acceptors (Lipinski definition) is 3. The molecule has 0 radical (unpaired) electrons. The van der Waals surface area contributed by atoms with Crippen molar-refractivity contribution in [1.82, 2.24) is 10.1 Å². The average Bonchev–Trinajstić information content (AvgIpc) is 2.71. The molecule has 0 atom stereocenters. The van der Waals surface area contributed by atoms with Crippen LogP contribution in [0.1, 0.15) is 38.0 Å². The summed E-state index contributed by atoms with van der Waals surface area (Å²) in [6.07, 6.45) is 7.71. The van der Waals surface area contributed by atoms with Gasteiger partial charge in [-0.2, -0.15) is 4.98 Å². The Labute approximate surface area is 86.0 Å². The van der Waals surface area contributed by atoms with Gasteiger partial charge in [0.25, 0.3) is 0 Å². The first-order valence-corrected chi connectivity index (χ1v) is 5.62. The zero-order chi connectivity index (χ0) is 9.10. The van der Waals surface area contributed by atoms with Crippen molar-refractivity contribution in [2.75, 3.05) is 0 Å². The van der Waals surface area contributed by atoms with Crippen LogP contribution in [0.4, 0.5) is 0 Å². The average molecular weight is 245 g/mol. The second kappa shape index (κ2) is 4.22.